The van der Waals surface area contributed by atoms with E-state index in [9.17, 15) is 14.7 Å². The quantitative estimate of drug-likeness (QED) is 0.743. The Morgan fingerprint density at radius 2 is 2.00 bits per heavy atom. The number of ether oxygens (including phenoxy) is 2. The van der Waals surface area contributed by atoms with Crippen LogP contribution in [0.4, 0.5) is 0 Å². The molecular weight excluding hydrogens is 334 g/mol. The Bertz CT molecular complexity index is 634. The summed E-state index contributed by atoms with van der Waals surface area (Å²) in [6.07, 6.45) is 2.93. The second kappa shape index (κ2) is 8.18. The molecule has 0 bridgehead atoms. The summed E-state index contributed by atoms with van der Waals surface area (Å²) in [5.41, 5.74) is -1.15. The third-order valence-corrected chi connectivity index (χ3v) is 5.56. The number of carbonyl (C=O) groups is 2. The summed E-state index contributed by atoms with van der Waals surface area (Å²) in [5, 5.41) is 10.9. The average Bonchev–Trinajstić information content (AvgIpc) is 3.24. The van der Waals surface area contributed by atoms with Crippen LogP contribution in [0.3, 0.4) is 0 Å². The molecule has 2 aliphatic rings. The fourth-order valence-corrected chi connectivity index (χ4v) is 4.15. The minimum absolute atomic E-state index is 0.0159. The number of methoxy groups -OCH3 is 1. The molecule has 2 saturated heterocycles. The summed E-state index contributed by atoms with van der Waals surface area (Å²) in [7, 11) is 1.24. The summed E-state index contributed by atoms with van der Waals surface area (Å²) < 4.78 is 10.1. The van der Waals surface area contributed by atoms with Crippen molar-refractivity contribution in [2.45, 2.75) is 43.7 Å². The first kappa shape index (κ1) is 18.9. The Kier molecular flexibility index (Phi) is 5.94. The summed E-state index contributed by atoms with van der Waals surface area (Å²) >= 11 is 0. The lowest BCUT2D eigenvalue weighted by Gasteiger charge is -2.27. The van der Waals surface area contributed by atoms with E-state index in [-0.39, 0.29) is 13.0 Å². The number of benzene rings is 1. The summed E-state index contributed by atoms with van der Waals surface area (Å²) in [5.74, 6) is -1.08. The van der Waals surface area contributed by atoms with Gasteiger partial charge < -0.3 is 14.6 Å². The van der Waals surface area contributed by atoms with Crippen molar-refractivity contribution >= 4 is 11.9 Å². The Morgan fingerprint density at radius 1 is 1.23 bits per heavy atom. The topological polar surface area (TPSA) is 76.1 Å². The van der Waals surface area contributed by atoms with Gasteiger partial charge in [0.1, 0.15) is 0 Å². The number of aliphatic hydroxyl groups is 1. The lowest BCUT2D eigenvalue weighted by molar-refractivity contribution is -0.173. The second-order valence-corrected chi connectivity index (χ2v) is 7.34. The van der Waals surface area contributed by atoms with Crippen molar-refractivity contribution in [3.8, 4) is 0 Å². The van der Waals surface area contributed by atoms with Gasteiger partial charge in [0.15, 0.2) is 5.60 Å². The highest BCUT2D eigenvalue weighted by atomic mass is 16.6. The van der Waals surface area contributed by atoms with E-state index in [4.69, 9.17) is 4.74 Å². The van der Waals surface area contributed by atoms with E-state index < -0.39 is 24.0 Å². The zero-order chi connectivity index (χ0) is 18.6. The maximum Gasteiger partial charge on any atom is 0.339 e. The minimum atomic E-state index is -1.91. The molecular formula is C20H27NO5. The molecule has 2 aliphatic heterocycles. The normalized spacial score (nSPS) is 24.7. The van der Waals surface area contributed by atoms with Gasteiger partial charge in [-0.3, -0.25) is 9.69 Å². The highest BCUT2D eigenvalue weighted by molar-refractivity contribution is 5.86. The van der Waals surface area contributed by atoms with Crippen LogP contribution in [-0.2, 0) is 25.5 Å². The van der Waals surface area contributed by atoms with Crippen molar-refractivity contribution < 1.29 is 24.2 Å². The molecule has 1 unspecified atom stereocenters. The average molecular weight is 361 g/mol. The van der Waals surface area contributed by atoms with Crippen LogP contribution in [0, 0.1) is 5.92 Å². The predicted molar refractivity (Wildman–Crippen MR) is 95.4 cm³/mol. The van der Waals surface area contributed by atoms with Crippen LogP contribution in [0.25, 0.3) is 0 Å². The molecule has 142 valence electrons. The fourth-order valence-electron chi connectivity index (χ4n) is 4.15. The van der Waals surface area contributed by atoms with Crippen molar-refractivity contribution in [2.24, 2.45) is 5.92 Å². The molecule has 3 atom stereocenters. The van der Waals surface area contributed by atoms with E-state index in [1.165, 1.54) is 13.5 Å². The number of carbonyl (C=O) groups excluding carboxylic acids is 2. The number of hydrogen-bond donors (Lipinski definition) is 1. The minimum Gasteiger partial charge on any atom is -0.469 e. The molecule has 6 nitrogen and oxygen atoms in total. The molecule has 0 aliphatic carbocycles. The van der Waals surface area contributed by atoms with E-state index in [0.717, 1.165) is 31.5 Å². The summed E-state index contributed by atoms with van der Waals surface area (Å²) in [4.78, 5) is 26.9. The van der Waals surface area contributed by atoms with Crippen LogP contribution in [0.15, 0.2) is 30.3 Å². The first-order chi connectivity index (χ1) is 12.5. The van der Waals surface area contributed by atoms with E-state index in [1.807, 2.05) is 30.3 Å². The van der Waals surface area contributed by atoms with Crippen LogP contribution in [0.1, 0.15) is 31.2 Å². The van der Waals surface area contributed by atoms with Crippen LogP contribution in [0.5, 0.6) is 0 Å². The van der Waals surface area contributed by atoms with Crippen LogP contribution >= 0.6 is 0 Å². The molecule has 6 heteroatoms. The van der Waals surface area contributed by atoms with Crippen molar-refractivity contribution in [1.29, 1.82) is 0 Å². The Hall–Kier alpha value is -1.92. The number of hydrogen-bond acceptors (Lipinski definition) is 6. The highest BCUT2D eigenvalue weighted by Gasteiger charge is 2.43. The van der Waals surface area contributed by atoms with E-state index in [2.05, 4.69) is 9.64 Å². The van der Waals surface area contributed by atoms with Gasteiger partial charge in [0, 0.05) is 18.4 Å². The number of rotatable bonds is 7. The van der Waals surface area contributed by atoms with Gasteiger partial charge in [-0.05, 0) is 37.9 Å². The molecule has 1 aromatic carbocycles. The van der Waals surface area contributed by atoms with Crippen LogP contribution in [0.2, 0.25) is 0 Å². The van der Waals surface area contributed by atoms with E-state index in [1.54, 1.807) is 0 Å². The molecule has 1 aromatic rings. The van der Waals surface area contributed by atoms with E-state index >= 15 is 0 Å². The fraction of sp³-hybridized carbons (Fsp3) is 0.600. The van der Waals surface area contributed by atoms with Crippen molar-refractivity contribution in [2.75, 3.05) is 26.8 Å². The molecule has 0 saturated carbocycles. The maximum absolute atomic E-state index is 12.7. The first-order valence-corrected chi connectivity index (χ1v) is 9.26. The third kappa shape index (κ3) is 4.24. The lowest BCUT2D eigenvalue weighted by atomic mass is 9.91. The van der Waals surface area contributed by atoms with Gasteiger partial charge in [0.05, 0.1) is 20.1 Å². The van der Waals surface area contributed by atoms with Gasteiger partial charge in [0.2, 0.25) is 0 Å². The number of fused-ring (bicyclic) bond motifs is 1. The summed E-state index contributed by atoms with van der Waals surface area (Å²) in [6, 6.07) is 9.60. The van der Waals surface area contributed by atoms with Crippen LogP contribution < -0.4 is 0 Å². The van der Waals surface area contributed by atoms with Crippen molar-refractivity contribution in [3.63, 3.8) is 0 Å². The van der Waals surface area contributed by atoms with Gasteiger partial charge in [0.25, 0.3) is 0 Å². The SMILES string of the molecule is COC(=O)CC(O)(Cc1ccccc1)C(=O)OC[C@H]1CCN2CCC[C@@H]12. The molecule has 2 heterocycles. The lowest BCUT2D eigenvalue weighted by Crippen LogP contribution is -2.45. The molecule has 2 fully saturated rings. The Labute approximate surface area is 154 Å². The number of nitrogens with zero attached hydrogens (tertiary/aromatic N) is 1. The van der Waals surface area contributed by atoms with Gasteiger partial charge in [-0.25, -0.2) is 4.79 Å². The molecule has 0 amide bonds. The zero-order valence-corrected chi connectivity index (χ0v) is 15.2. The molecule has 26 heavy (non-hydrogen) atoms. The first-order valence-electron chi connectivity index (χ1n) is 9.26. The Balaban J connectivity index is 1.65. The molecule has 0 radical (unpaired) electrons. The second-order valence-electron chi connectivity index (χ2n) is 7.34. The van der Waals surface area contributed by atoms with Crippen LogP contribution in [-0.4, -0.2) is 60.4 Å². The monoisotopic (exact) mass is 361 g/mol. The largest absolute Gasteiger partial charge is 0.469 e. The molecule has 0 aromatic heterocycles. The predicted octanol–water partition coefficient (Wildman–Crippen LogP) is 1.55. The highest BCUT2D eigenvalue weighted by Crippen LogP contribution is 2.33. The molecule has 1 N–H and O–H groups in total. The molecule has 0 spiro atoms. The Morgan fingerprint density at radius 3 is 2.73 bits per heavy atom. The van der Waals surface area contributed by atoms with E-state index in [0.29, 0.717) is 12.0 Å². The standard InChI is InChI=1S/C20H27NO5/c1-25-18(22)13-20(24,12-15-6-3-2-4-7-15)19(23)26-14-16-9-11-21-10-5-8-17(16)21/h2-4,6-7,16-17,24H,5,8-14H2,1H3/t16-,17+,20?/m1/s1. The molecule has 3 rings (SSSR count). The zero-order valence-electron chi connectivity index (χ0n) is 15.2. The van der Waals surface area contributed by atoms with Crippen molar-refractivity contribution in [1.82, 2.24) is 4.90 Å². The van der Waals surface area contributed by atoms with Gasteiger partial charge >= 0.3 is 11.9 Å². The maximum atomic E-state index is 12.7. The third-order valence-electron chi connectivity index (χ3n) is 5.56. The van der Waals surface area contributed by atoms with Gasteiger partial charge in [-0.15, -0.1) is 0 Å². The van der Waals surface area contributed by atoms with Gasteiger partial charge in [-0.1, -0.05) is 30.3 Å². The van der Waals surface area contributed by atoms with Gasteiger partial charge in [-0.2, -0.15) is 0 Å². The van der Waals surface area contributed by atoms with Crippen molar-refractivity contribution in [3.05, 3.63) is 35.9 Å². The number of esters is 2. The summed E-state index contributed by atoms with van der Waals surface area (Å²) in [6.45, 7) is 2.46. The smallest absolute Gasteiger partial charge is 0.339 e.